The number of anilines is 1. The minimum Gasteiger partial charge on any atom is -0.507 e. The first-order chi connectivity index (χ1) is 10.9. The summed E-state index contributed by atoms with van der Waals surface area (Å²) >= 11 is 3.36. The lowest BCUT2D eigenvalue weighted by Gasteiger charge is -2.10. The summed E-state index contributed by atoms with van der Waals surface area (Å²) in [5, 5.41) is 14.9. The first-order valence-corrected chi connectivity index (χ1v) is 7.80. The van der Waals surface area contributed by atoms with Crippen molar-refractivity contribution >= 4 is 33.4 Å². The minimum absolute atomic E-state index is 0.114. The molecule has 0 atom stereocenters. The van der Waals surface area contributed by atoms with Crippen molar-refractivity contribution in [3.05, 3.63) is 57.6 Å². The third-order valence-electron chi connectivity index (χ3n) is 3.27. The molecule has 0 fully saturated rings. The highest BCUT2D eigenvalue weighted by Gasteiger charge is 2.13. The van der Waals surface area contributed by atoms with Crippen LogP contribution >= 0.6 is 15.9 Å². The number of amides is 2. The summed E-state index contributed by atoms with van der Waals surface area (Å²) in [6.45, 7) is 3.52. The van der Waals surface area contributed by atoms with Crippen LogP contribution in [-0.4, -0.2) is 23.5 Å². The van der Waals surface area contributed by atoms with Gasteiger partial charge in [-0.15, -0.1) is 0 Å². The summed E-state index contributed by atoms with van der Waals surface area (Å²) in [6, 6.07) is 10.2. The fraction of sp³-hybridized carbons (Fsp3) is 0.176. The second-order valence-electron chi connectivity index (χ2n) is 5.21. The van der Waals surface area contributed by atoms with Crippen molar-refractivity contribution in [1.82, 2.24) is 5.32 Å². The van der Waals surface area contributed by atoms with E-state index in [1.54, 1.807) is 18.2 Å². The first-order valence-electron chi connectivity index (χ1n) is 7.00. The quantitative estimate of drug-likeness (QED) is 0.766. The van der Waals surface area contributed by atoms with E-state index in [1.807, 2.05) is 26.0 Å². The van der Waals surface area contributed by atoms with Gasteiger partial charge >= 0.3 is 0 Å². The van der Waals surface area contributed by atoms with Gasteiger partial charge in [-0.1, -0.05) is 27.6 Å². The van der Waals surface area contributed by atoms with Gasteiger partial charge in [0.1, 0.15) is 5.75 Å². The Morgan fingerprint density at radius 3 is 2.57 bits per heavy atom. The molecule has 0 saturated heterocycles. The van der Waals surface area contributed by atoms with Gasteiger partial charge in [-0.25, -0.2) is 0 Å². The van der Waals surface area contributed by atoms with E-state index in [0.29, 0.717) is 5.69 Å². The number of halogens is 1. The molecule has 2 amide bonds. The summed E-state index contributed by atoms with van der Waals surface area (Å²) in [6.07, 6.45) is 0. The van der Waals surface area contributed by atoms with Crippen LogP contribution in [0.15, 0.2) is 40.9 Å². The molecule has 0 aromatic heterocycles. The molecular weight excluding hydrogens is 360 g/mol. The molecule has 0 radical (unpaired) electrons. The number of hydrogen-bond donors (Lipinski definition) is 3. The fourth-order valence-electron chi connectivity index (χ4n) is 2.05. The molecule has 2 aromatic rings. The molecule has 0 aliphatic rings. The standard InChI is InChI=1S/C17H17BrN2O3/c1-10-3-6-15(21)13(7-10)17(23)19-9-16(22)20-14-5-4-12(18)8-11(14)2/h3-8,21H,9H2,1-2H3,(H,19,23)(H,20,22). The van der Waals surface area contributed by atoms with E-state index in [9.17, 15) is 14.7 Å². The van der Waals surface area contributed by atoms with Crippen molar-refractivity contribution < 1.29 is 14.7 Å². The van der Waals surface area contributed by atoms with Crippen LogP contribution in [0.2, 0.25) is 0 Å². The van der Waals surface area contributed by atoms with Gasteiger partial charge in [-0.05, 0) is 49.7 Å². The van der Waals surface area contributed by atoms with Crippen molar-refractivity contribution in [1.29, 1.82) is 0 Å². The van der Waals surface area contributed by atoms with E-state index in [0.717, 1.165) is 15.6 Å². The number of aromatic hydroxyl groups is 1. The molecule has 0 unspecified atom stereocenters. The Morgan fingerprint density at radius 1 is 1.13 bits per heavy atom. The Morgan fingerprint density at radius 2 is 1.87 bits per heavy atom. The third kappa shape index (κ3) is 4.56. The SMILES string of the molecule is Cc1ccc(O)c(C(=O)NCC(=O)Nc2ccc(Br)cc2C)c1. The van der Waals surface area contributed by atoms with Crippen LogP contribution in [0.4, 0.5) is 5.69 Å². The Bertz CT molecular complexity index is 759. The van der Waals surface area contributed by atoms with Gasteiger partial charge in [0.25, 0.3) is 5.91 Å². The number of nitrogens with one attached hydrogen (secondary N) is 2. The molecule has 2 aromatic carbocycles. The topological polar surface area (TPSA) is 78.4 Å². The summed E-state index contributed by atoms with van der Waals surface area (Å²) in [5.74, 6) is -0.943. The Kier molecular flexibility index (Phi) is 5.39. The van der Waals surface area contributed by atoms with Crippen molar-refractivity contribution in [2.75, 3.05) is 11.9 Å². The van der Waals surface area contributed by atoms with Crippen LogP contribution in [0.25, 0.3) is 0 Å². The molecular formula is C17H17BrN2O3. The van der Waals surface area contributed by atoms with Gasteiger partial charge < -0.3 is 15.7 Å². The predicted molar refractivity (Wildman–Crippen MR) is 92.7 cm³/mol. The average molecular weight is 377 g/mol. The van der Waals surface area contributed by atoms with Crippen molar-refractivity contribution in [3.8, 4) is 5.75 Å². The van der Waals surface area contributed by atoms with E-state index in [2.05, 4.69) is 26.6 Å². The molecule has 3 N–H and O–H groups in total. The van der Waals surface area contributed by atoms with Crippen LogP contribution in [-0.2, 0) is 4.79 Å². The molecule has 0 aliphatic carbocycles. The second kappa shape index (κ2) is 7.28. The maximum Gasteiger partial charge on any atom is 0.255 e. The first kappa shape index (κ1) is 17.0. The molecule has 5 nitrogen and oxygen atoms in total. The second-order valence-corrected chi connectivity index (χ2v) is 6.13. The maximum absolute atomic E-state index is 12.0. The Hall–Kier alpha value is -2.34. The Balaban J connectivity index is 1.96. The van der Waals surface area contributed by atoms with Crippen molar-refractivity contribution in [3.63, 3.8) is 0 Å². The number of phenols is 1. The lowest BCUT2D eigenvalue weighted by atomic mass is 10.1. The predicted octanol–water partition coefficient (Wildman–Crippen LogP) is 3.14. The molecule has 120 valence electrons. The zero-order valence-electron chi connectivity index (χ0n) is 12.8. The number of rotatable bonds is 4. The van der Waals surface area contributed by atoms with E-state index in [-0.39, 0.29) is 23.8 Å². The van der Waals surface area contributed by atoms with Gasteiger partial charge in [0.15, 0.2) is 0 Å². The van der Waals surface area contributed by atoms with Crippen LogP contribution in [0.3, 0.4) is 0 Å². The summed E-state index contributed by atoms with van der Waals surface area (Å²) < 4.78 is 0.927. The zero-order chi connectivity index (χ0) is 17.0. The lowest BCUT2D eigenvalue weighted by molar-refractivity contribution is -0.115. The van der Waals surface area contributed by atoms with E-state index in [4.69, 9.17) is 0 Å². The highest BCUT2D eigenvalue weighted by Crippen LogP contribution is 2.20. The average Bonchev–Trinajstić information content (AvgIpc) is 2.50. The van der Waals surface area contributed by atoms with E-state index in [1.165, 1.54) is 6.07 Å². The van der Waals surface area contributed by atoms with Gasteiger partial charge in [-0.2, -0.15) is 0 Å². The summed E-state index contributed by atoms with van der Waals surface area (Å²) in [4.78, 5) is 24.0. The number of carbonyl (C=O) groups is 2. The number of hydrogen-bond acceptors (Lipinski definition) is 3. The third-order valence-corrected chi connectivity index (χ3v) is 3.76. The molecule has 0 bridgehead atoms. The maximum atomic E-state index is 12.0. The summed E-state index contributed by atoms with van der Waals surface area (Å²) in [7, 11) is 0. The van der Waals surface area contributed by atoms with Crippen LogP contribution < -0.4 is 10.6 Å². The molecule has 0 heterocycles. The van der Waals surface area contributed by atoms with Crippen molar-refractivity contribution in [2.45, 2.75) is 13.8 Å². The largest absolute Gasteiger partial charge is 0.507 e. The summed E-state index contributed by atoms with van der Waals surface area (Å²) in [5.41, 5.74) is 2.60. The normalized spacial score (nSPS) is 10.2. The van der Waals surface area contributed by atoms with Gasteiger partial charge in [-0.3, -0.25) is 9.59 Å². The van der Waals surface area contributed by atoms with Gasteiger partial charge in [0.05, 0.1) is 12.1 Å². The highest BCUT2D eigenvalue weighted by molar-refractivity contribution is 9.10. The van der Waals surface area contributed by atoms with Crippen LogP contribution in [0.5, 0.6) is 5.75 Å². The molecule has 0 spiro atoms. The highest BCUT2D eigenvalue weighted by atomic mass is 79.9. The smallest absolute Gasteiger partial charge is 0.255 e. The lowest BCUT2D eigenvalue weighted by Crippen LogP contribution is -2.33. The van der Waals surface area contributed by atoms with E-state index >= 15 is 0 Å². The Labute approximate surface area is 142 Å². The van der Waals surface area contributed by atoms with Gasteiger partial charge in [0, 0.05) is 10.2 Å². The minimum atomic E-state index is -0.492. The number of aryl methyl sites for hydroxylation is 2. The molecule has 6 heteroatoms. The number of benzene rings is 2. The van der Waals surface area contributed by atoms with E-state index < -0.39 is 5.91 Å². The number of carbonyl (C=O) groups excluding carboxylic acids is 2. The molecule has 2 rings (SSSR count). The molecule has 0 aliphatic heterocycles. The molecule has 0 saturated carbocycles. The monoisotopic (exact) mass is 376 g/mol. The van der Waals surface area contributed by atoms with Crippen LogP contribution in [0, 0.1) is 13.8 Å². The zero-order valence-corrected chi connectivity index (χ0v) is 14.4. The molecule has 23 heavy (non-hydrogen) atoms. The number of phenolic OH excluding ortho intramolecular Hbond substituents is 1. The fourth-order valence-corrected chi connectivity index (χ4v) is 2.52. The van der Waals surface area contributed by atoms with Gasteiger partial charge in [0.2, 0.25) is 5.91 Å². The van der Waals surface area contributed by atoms with Crippen LogP contribution in [0.1, 0.15) is 21.5 Å². The van der Waals surface area contributed by atoms with Crippen molar-refractivity contribution in [2.24, 2.45) is 0 Å².